The Balaban J connectivity index is 2.31. The Labute approximate surface area is 123 Å². The van der Waals surface area contributed by atoms with E-state index in [2.05, 4.69) is 10.2 Å². The van der Waals surface area contributed by atoms with Crippen molar-refractivity contribution >= 4 is 17.4 Å². The van der Waals surface area contributed by atoms with Crippen LogP contribution in [0.4, 0.5) is 0 Å². The largest absolute Gasteiger partial charge is 0.292 e. The predicted octanol–water partition coefficient (Wildman–Crippen LogP) is 2.72. The number of hydrogen-bond acceptors (Lipinski definition) is 3. The van der Waals surface area contributed by atoms with Crippen LogP contribution < -0.4 is 0 Å². The average Bonchev–Trinajstić information content (AvgIpc) is 2.86. The van der Waals surface area contributed by atoms with E-state index in [4.69, 9.17) is 11.6 Å². The van der Waals surface area contributed by atoms with Crippen LogP contribution in [-0.2, 0) is 20.0 Å². The highest BCUT2D eigenvalue weighted by atomic mass is 35.5. The summed E-state index contributed by atoms with van der Waals surface area (Å²) in [7, 11) is 1.88. The minimum atomic E-state index is -0.0137. The van der Waals surface area contributed by atoms with Crippen LogP contribution in [0.25, 0.3) is 0 Å². The lowest BCUT2D eigenvalue weighted by atomic mass is 10.1. The van der Waals surface area contributed by atoms with Crippen molar-refractivity contribution in [3.8, 4) is 0 Å². The third-order valence-electron chi connectivity index (χ3n) is 3.49. The van der Waals surface area contributed by atoms with Gasteiger partial charge in [0.15, 0.2) is 5.78 Å². The van der Waals surface area contributed by atoms with E-state index < -0.39 is 0 Å². The van der Waals surface area contributed by atoms with E-state index >= 15 is 0 Å². The van der Waals surface area contributed by atoms with Crippen molar-refractivity contribution in [2.75, 3.05) is 0 Å². The monoisotopic (exact) mass is 294 g/mol. The van der Waals surface area contributed by atoms with Gasteiger partial charge in [0.1, 0.15) is 5.69 Å². The van der Waals surface area contributed by atoms with Gasteiger partial charge in [-0.15, -0.1) is 0 Å². The van der Waals surface area contributed by atoms with Gasteiger partial charge in [-0.2, -0.15) is 10.2 Å². The summed E-state index contributed by atoms with van der Waals surface area (Å²) >= 11 is 6.10. The van der Waals surface area contributed by atoms with E-state index in [-0.39, 0.29) is 5.78 Å². The van der Waals surface area contributed by atoms with Crippen molar-refractivity contribution in [1.29, 1.82) is 0 Å². The molecule has 0 bridgehead atoms. The van der Waals surface area contributed by atoms with E-state index in [0.29, 0.717) is 23.7 Å². The van der Waals surface area contributed by atoms with Gasteiger partial charge in [0, 0.05) is 31.3 Å². The second-order valence-electron chi connectivity index (χ2n) is 4.94. The molecule has 0 radical (unpaired) electrons. The van der Waals surface area contributed by atoms with Crippen LogP contribution in [0.5, 0.6) is 0 Å². The topological polar surface area (TPSA) is 52.7 Å². The summed E-state index contributed by atoms with van der Waals surface area (Å²) in [6.45, 7) is 6.62. The molecule has 0 saturated carbocycles. The van der Waals surface area contributed by atoms with Gasteiger partial charge in [-0.1, -0.05) is 18.5 Å². The summed E-state index contributed by atoms with van der Waals surface area (Å²) in [4.78, 5) is 12.5. The molecule has 2 rings (SSSR count). The Bertz CT molecular complexity index is 642. The summed E-state index contributed by atoms with van der Waals surface area (Å²) in [6.07, 6.45) is 2.75. The molecule has 0 aliphatic rings. The van der Waals surface area contributed by atoms with Crippen molar-refractivity contribution in [2.45, 2.75) is 40.2 Å². The van der Waals surface area contributed by atoms with Crippen LogP contribution in [0.15, 0.2) is 6.20 Å². The van der Waals surface area contributed by atoms with Crippen LogP contribution in [0, 0.1) is 13.8 Å². The second kappa shape index (κ2) is 5.79. The maximum Gasteiger partial charge on any atom is 0.186 e. The molecular formula is C14H19ClN4O. The van der Waals surface area contributed by atoms with Gasteiger partial charge in [-0.25, -0.2) is 0 Å². The molecule has 0 amide bonds. The molecule has 0 aliphatic carbocycles. The minimum Gasteiger partial charge on any atom is -0.292 e. The fourth-order valence-electron chi connectivity index (χ4n) is 2.34. The molecule has 0 fully saturated rings. The fraction of sp³-hybridized carbons (Fsp3) is 0.500. The molecule has 0 atom stereocenters. The van der Waals surface area contributed by atoms with Gasteiger partial charge in [0.2, 0.25) is 0 Å². The van der Waals surface area contributed by atoms with Gasteiger partial charge in [-0.3, -0.25) is 14.2 Å². The smallest absolute Gasteiger partial charge is 0.186 e. The Morgan fingerprint density at radius 2 is 2.10 bits per heavy atom. The van der Waals surface area contributed by atoms with Gasteiger partial charge in [0.25, 0.3) is 0 Å². The molecule has 0 aliphatic heterocycles. The number of carbonyl (C=O) groups is 1. The molecular weight excluding hydrogens is 276 g/mol. The number of nitrogens with zero attached hydrogens (tertiary/aromatic N) is 4. The molecule has 0 unspecified atom stereocenters. The zero-order valence-corrected chi connectivity index (χ0v) is 13.0. The van der Waals surface area contributed by atoms with Crippen molar-refractivity contribution in [2.24, 2.45) is 7.05 Å². The third-order valence-corrected chi connectivity index (χ3v) is 3.77. The molecule has 0 aromatic carbocycles. The molecule has 0 saturated heterocycles. The fourth-order valence-corrected chi connectivity index (χ4v) is 2.59. The van der Waals surface area contributed by atoms with Crippen molar-refractivity contribution in [1.82, 2.24) is 19.6 Å². The lowest BCUT2D eigenvalue weighted by Gasteiger charge is -2.06. The SMILES string of the molecule is CCCn1ncc(Cl)c1C(=O)Cc1c(C)nn(C)c1C. The number of carbonyl (C=O) groups excluding carboxylic acids is 1. The number of hydrogen-bond donors (Lipinski definition) is 0. The first kappa shape index (κ1) is 14.8. The molecule has 20 heavy (non-hydrogen) atoms. The van der Waals surface area contributed by atoms with E-state index in [1.54, 1.807) is 9.36 Å². The zero-order valence-electron chi connectivity index (χ0n) is 12.3. The summed E-state index contributed by atoms with van der Waals surface area (Å²) in [5.74, 6) is -0.0137. The number of rotatable bonds is 5. The lowest BCUT2D eigenvalue weighted by molar-refractivity contribution is 0.0982. The maximum atomic E-state index is 12.5. The molecule has 5 nitrogen and oxygen atoms in total. The summed E-state index contributed by atoms with van der Waals surface area (Å²) in [5.41, 5.74) is 3.36. The molecule has 6 heteroatoms. The molecule has 2 heterocycles. The van der Waals surface area contributed by atoms with Crippen LogP contribution >= 0.6 is 11.6 Å². The van der Waals surface area contributed by atoms with Crippen molar-refractivity contribution in [3.63, 3.8) is 0 Å². The van der Waals surface area contributed by atoms with Crippen molar-refractivity contribution in [3.05, 3.63) is 33.9 Å². The summed E-state index contributed by atoms with van der Waals surface area (Å²) in [6, 6.07) is 0. The third kappa shape index (κ3) is 2.63. The van der Waals surface area contributed by atoms with Crippen LogP contribution in [0.1, 0.15) is 40.8 Å². The Morgan fingerprint density at radius 1 is 1.40 bits per heavy atom. The molecule has 0 spiro atoms. The van der Waals surface area contributed by atoms with E-state index in [9.17, 15) is 4.79 Å². The first-order valence-electron chi connectivity index (χ1n) is 6.69. The molecule has 2 aromatic rings. The van der Waals surface area contributed by atoms with Crippen LogP contribution in [0.3, 0.4) is 0 Å². The Morgan fingerprint density at radius 3 is 2.65 bits per heavy atom. The van der Waals surface area contributed by atoms with Crippen LogP contribution in [-0.4, -0.2) is 25.3 Å². The quantitative estimate of drug-likeness (QED) is 0.797. The first-order valence-corrected chi connectivity index (χ1v) is 7.07. The van der Waals surface area contributed by atoms with E-state index in [0.717, 1.165) is 23.4 Å². The lowest BCUT2D eigenvalue weighted by Crippen LogP contribution is -2.14. The average molecular weight is 295 g/mol. The number of ketones is 1. The van der Waals surface area contributed by atoms with Gasteiger partial charge in [0.05, 0.1) is 16.9 Å². The summed E-state index contributed by atoms with van der Waals surface area (Å²) < 4.78 is 3.48. The number of Topliss-reactive ketones (excluding diaryl/α,β-unsaturated/α-hetero) is 1. The normalized spacial score (nSPS) is 11.1. The highest BCUT2D eigenvalue weighted by molar-refractivity contribution is 6.33. The van der Waals surface area contributed by atoms with E-state index in [1.165, 1.54) is 6.20 Å². The number of halogens is 1. The first-order chi connectivity index (χ1) is 9.45. The van der Waals surface area contributed by atoms with E-state index in [1.807, 2.05) is 27.8 Å². The Kier molecular flexibility index (Phi) is 4.28. The number of aromatic nitrogens is 4. The van der Waals surface area contributed by atoms with Crippen LogP contribution in [0.2, 0.25) is 5.02 Å². The predicted molar refractivity (Wildman–Crippen MR) is 78.2 cm³/mol. The van der Waals surface area contributed by atoms with Crippen molar-refractivity contribution < 1.29 is 4.79 Å². The van der Waals surface area contributed by atoms with Gasteiger partial charge in [-0.05, 0) is 20.3 Å². The zero-order chi connectivity index (χ0) is 14.9. The van der Waals surface area contributed by atoms with Gasteiger partial charge < -0.3 is 0 Å². The van der Waals surface area contributed by atoms with Gasteiger partial charge >= 0.3 is 0 Å². The highest BCUT2D eigenvalue weighted by Crippen LogP contribution is 2.20. The standard InChI is InChI=1S/C14H19ClN4O/c1-5-6-19-14(12(15)8-16-19)13(20)7-11-9(2)17-18(4)10(11)3/h8H,5-7H2,1-4H3. The number of aryl methyl sites for hydroxylation is 3. The highest BCUT2D eigenvalue weighted by Gasteiger charge is 2.20. The maximum absolute atomic E-state index is 12.5. The molecule has 108 valence electrons. The molecule has 2 aromatic heterocycles. The minimum absolute atomic E-state index is 0.0137. The summed E-state index contributed by atoms with van der Waals surface area (Å²) in [5, 5.41) is 8.92. The Hall–Kier alpha value is -1.62. The molecule has 0 N–H and O–H groups in total. The second-order valence-corrected chi connectivity index (χ2v) is 5.34.